The molecule has 1 N–H and O–H groups in total. The van der Waals surface area contributed by atoms with Crippen LogP contribution in [0.3, 0.4) is 0 Å². The number of phenols is 1. The van der Waals surface area contributed by atoms with E-state index in [0.717, 1.165) is 28.0 Å². The maximum Gasteiger partial charge on any atom is 0.189 e. The fraction of sp³-hybridized carbons (Fsp3) is 0.207. The fourth-order valence-electron chi connectivity index (χ4n) is 4.23. The number of allylic oxidation sites excluding steroid dienone is 2. The van der Waals surface area contributed by atoms with Gasteiger partial charge in [0.15, 0.2) is 17.3 Å². The summed E-state index contributed by atoms with van der Waals surface area (Å²) >= 11 is 0. The molecule has 5 nitrogen and oxygen atoms in total. The Hall–Kier alpha value is -3.99. The highest BCUT2D eigenvalue weighted by atomic mass is 16.5. The third-order valence-electron chi connectivity index (χ3n) is 6.01. The molecule has 0 amide bonds. The maximum atomic E-state index is 12.9. The molecule has 0 spiro atoms. The summed E-state index contributed by atoms with van der Waals surface area (Å²) in [5, 5.41) is 9.41. The van der Waals surface area contributed by atoms with Crippen molar-refractivity contribution in [2.45, 2.75) is 25.9 Å². The molecule has 0 bridgehead atoms. The number of methoxy groups -OCH3 is 2. The van der Waals surface area contributed by atoms with Crippen molar-refractivity contribution in [3.05, 3.63) is 94.6 Å². The standard InChI is InChI=1S/C29H28O5/c1-5-6-20-15-24-18(2)28(34-29(24)27(16-20)33-4)21-10-13-23(26(17-21)32-3)25(31)14-9-19-7-11-22(30)12-8-19/h5-18,28,30H,1-4H3/b6-5+,14-9+. The summed E-state index contributed by atoms with van der Waals surface area (Å²) in [4.78, 5) is 12.9. The minimum atomic E-state index is -0.227. The van der Waals surface area contributed by atoms with Gasteiger partial charge in [0.2, 0.25) is 0 Å². The molecule has 1 aliphatic rings. The highest BCUT2D eigenvalue weighted by Gasteiger charge is 2.35. The lowest BCUT2D eigenvalue weighted by Crippen LogP contribution is -2.09. The SMILES string of the molecule is C/C=C/c1cc(OC)c2c(c1)C(C)C(c1ccc(C(=O)/C=C/c3ccc(O)cc3)c(OC)c1)O2. The molecule has 0 saturated heterocycles. The highest BCUT2D eigenvalue weighted by Crippen LogP contribution is 2.51. The quantitative estimate of drug-likeness (QED) is 0.321. The van der Waals surface area contributed by atoms with Crippen LogP contribution in [0.15, 0.2) is 66.7 Å². The van der Waals surface area contributed by atoms with Gasteiger partial charge in [-0.1, -0.05) is 43.4 Å². The van der Waals surface area contributed by atoms with E-state index in [0.29, 0.717) is 17.1 Å². The summed E-state index contributed by atoms with van der Waals surface area (Å²) in [7, 11) is 3.20. The van der Waals surface area contributed by atoms with Crippen LogP contribution in [-0.4, -0.2) is 25.1 Å². The van der Waals surface area contributed by atoms with Gasteiger partial charge >= 0.3 is 0 Å². The third-order valence-corrected chi connectivity index (χ3v) is 6.01. The second-order valence-corrected chi connectivity index (χ2v) is 8.22. The van der Waals surface area contributed by atoms with E-state index in [-0.39, 0.29) is 23.6 Å². The Morgan fingerprint density at radius 2 is 1.68 bits per heavy atom. The van der Waals surface area contributed by atoms with Crippen LogP contribution in [0.4, 0.5) is 0 Å². The molecular formula is C29H28O5. The van der Waals surface area contributed by atoms with Crippen LogP contribution < -0.4 is 14.2 Å². The van der Waals surface area contributed by atoms with Crippen molar-refractivity contribution in [1.29, 1.82) is 0 Å². The zero-order valence-electron chi connectivity index (χ0n) is 19.7. The monoisotopic (exact) mass is 456 g/mol. The summed E-state index contributed by atoms with van der Waals surface area (Å²) in [5.41, 5.74) is 4.37. The van der Waals surface area contributed by atoms with E-state index >= 15 is 0 Å². The van der Waals surface area contributed by atoms with E-state index < -0.39 is 0 Å². The molecule has 1 heterocycles. The van der Waals surface area contributed by atoms with E-state index in [2.05, 4.69) is 13.0 Å². The lowest BCUT2D eigenvalue weighted by molar-refractivity contribution is 0.104. The van der Waals surface area contributed by atoms with Crippen LogP contribution in [0.1, 0.15) is 58.5 Å². The van der Waals surface area contributed by atoms with Crippen molar-refractivity contribution in [2.75, 3.05) is 14.2 Å². The van der Waals surface area contributed by atoms with E-state index in [1.165, 1.54) is 6.08 Å². The van der Waals surface area contributed by atoms with Gasteiger partial charge in [-0.25, -0.2) is 0 Å². The first-order valence-corrected chi connectivity index (χ1v) is 11.2. The number of benzene rings is 3. The van der Waals surface area contributed by atoms with Gasteiger partial charge in [-0.05, 0) is 66.1 Å². The normalized spacial score (nSPS) is 17.1. The second-order valence-electron chi connectivity index (χ2n) is 8.22. The molecule has 0 fully saturated rings. The highest BCUT2D eigenvalue weighted by molar-refractivity contribution is 6.08. The van der Waals surface area contributed by atoms with Gasteiger partial charge < -0.3 is 19.3 Å². The Morgan fingerprint density at radius 1 is 0.941 bits per heavy atom. The molecule has 5 heteroatoms. The number of phenolic OH excluding ortho intramolecular Hbond substituents is 1. The predicted octanol–water partition coefficient (Wildman–Crippen LogP) is 6.58. The molecule has 2 atom stereocenters. The first-order valence-electron chi connectivity index (χ1n) is 11.2. The van der Waals surface area contributed by atoms with Crippen molar-refractivity contribution in [2.24, 2.45) is 0 Å². The molecule has 0 radical (unpaired) electrons. The lowest BCUT2D eigenvalue weighted by Gasteiger charge is -2.18. The van der Waals surface area contributed by atoms with Gasteiger partial charge in [0.25, 0.3) is 0 Å². The van der Waals surface area contributed by atoms with Gasteiger partial charge in [0.1, 0.15) is 17.6 Å². The molecule has 0 aliphatic carbocycles. The van der Waals surface area contributed by atoms with Gasteiger partial charge in [0.05, 0.1) is 19.8 Å². The Morgan fingerprint density at radius 3 is 2.35 bits per heavy atom. The van der Waals surface area contributed by atoms with E-state index in [1.54, 1.807) is 50.6 Å². The topological polar surface area (TPSA) is 65.0 Å². The number of ketones is 1. The van der Waals surface area contributed by atoms with Crippen molar-refractivity contribution in [1.82, 2.24) is 0 Å². The van der Waals surface area contributed by atoms with Crippen LogP contribution in [0.5, 0.6) is 23.0 Å². The Bertz CT molecular complexity index is 1250. The molecule has 3 aromatic rings. The maximum absolute atomic E-state index is 12.9. The molecule has 2 unspecified atom stereocenters. The second kappa shape index (κ2) is 9.87. The summed E-state index contributed by atoms with van der Waals surface area (Å²) in [6.45, 7) is 4.11. The molecule has 34 heavy (non-hydrogen) atoms. The average molecular weight is 457 g/mol. The molecule has 0 aromatic heterocycles. The number of rotatable bonds is 7. The first kappa shape index (κ1) is 23.2. The molecule has 0 saturated carbocycles. The van der Waals surface area contributed by atoms with Crippen LogP contribution >= 0.6 is 0 Å². The van der Waals surface area contributed by atoms with Crippen molar-refractivity contribution in [3.63, 3.8) is 0 Å². The minimum Gasteiger partial charge on any atom is -0.508 e. The number of hydrogen-bond acceptors (Lipinski definition) is 5. The Kier molecular flexibility index (Phi) is 6.73. The predicted molar refractivity (Wildman–Crippen MR) is 134 cm³/mol. The van der Waals surface area contributed by atoms with Gasteiger partial charge in [-0.3, -0.25) is 4.79 Å². The van der Waals surface area contributed by atoms with E-state index in [9.17, 15) is 9.90 Å². The summed E-state index contributed by atoms with van der Waals surface area (Å²) in [5.74, 6) is 2.06. The summed E-state index contributed by atoms with van der Waals surface area (Å²) < 4.78 is 17.5. The first-order chi connectivity index (χ1) is 16.4. The molecule has 174 valence electrons. The summed E-state index contributed by atoms with van der Waals surface area (Å²) in [6.07, 6.45) is 7.02. The molecule has 4 rings (SSSR count). The average Bonchev–Trinajstić information content (AvgIpc) is 3.19. The summed E-state index contributed by atoms with van der Waals surface area (Å²) in [6, 6.07) is 16.3. The van der Waals surface area contributed by atoms with Crippen molar-refractivity contribution >= 4 is 17.9 Å². The van der Waals surface area contributed by atoms with E-state index in [1.807, 2.05) is 37.3 Å². The van der Waals surface area contributed by atoms with Crippen LogP contribution in [0.2, 0.25) is 0 Å². The van der Waals surface area contributed by atoms with Crippen LogP contribution in [0.25, 0.3) is 12.2 Å². The molecule has 1 aliphatic heterocycles. The van der Waals surface area contributed by atoms with Gasteiger partial charge in [-0.15, -0.1) is 0 Å². The van der Waals surface area contributed by atoms with Crippen LogP contribution in [-0.2, 0) is 0 Å². The smallest absolute Gasteiger partial charge is 0.189 e. The number of fused-ring (bicyclic) bond motifs is 1. The molecular weight excluding hydrogens is 428 g/mol. The van der Waals surface area contributed by atoms with Gasteiger partial charge in [0, 0.05) is 11.5 Å². The van der Waals surface area contributed by atoms with E-state index in [4.69, 9.17) is 14.2 Å². The molecule has 3 aromatic carbocycles. The number of aromatic hydroxyl groups is 1. The minimum absolute atomic E-state index is 0.0924. The number of carbonyl (C=O) groups is 1. The number of hydrogen-bond donors (Lipinski definition) is 1. The van der Waals surface area contributed by atoms with Crippen molar-refractivity contribution in [3.8, 4) is 23.0 Å². The zero-order valence-corrected chi connectivity index (χ0v) is 19.7. The zero-order chi connectivity index (χ0) is 24.2. The van der Waals surface area contributed by atoms with Crippen molar-refractivity contribution < 1.29 is 24.1 Å². The lowest BCUT2D eigenvalue weighted by atomic mass is 9.91. The third kappa shape index (κ3) is 4.55. The van der Waals surface area contributed by atoms with Crippen LogP contribution in [0, 0.1) is 0 Å². The largest absolute Gasteiger partial charge is 0.508 e. The Balaban J connectivity index is 1.61. The fourth-order valence-corrected chi connectivity index (χ4v) is 4.23. The Labute approximate surface area is 199 Å². The number of ether oxygens (including phenoxy) is 3. The number of carbonyl (C=O) groups excluding carboxylic acids is 1. The van der Waals surface area contributed by atoms with Gasteiger partial charge in [-0.2, -0.15) is 0 Å².